The Morgan fingerprint density at radius 3 is 1.06 bits per heavy atom. The van der Waals surface area contributed by atoms with Gasteiger partial charge in [0, 0.05) is 21.5 Å². The summed E-state index contributed by atoms with van der Waals surface area (Å²) in [5.41, 5.74) is 1.41. The number of fused-ring (bicyclic) bond motifs is 2. The molecule has 3 rings (SSSR count). The Morgan fingerprint density at radius 1 is 0.380 bits per heavy atom. The van der Waals surface area contributed by atoms with Crippen LogP contribution in [0.2, 0.25) is 0 Å². The standard InChI is InChI=1S/C48H78O2/c1-6-8-10-12-14-16-18-20-22-24-26-28-32-38-49-46-42-34-30-31-35-43(42)47(45-40-41(48(3,4)5)36-37-44(45)46)50-39-33-29-27-25-23-21-19-17-15-13-11-9-7-2/h30-31,34-37,40H,6-29,32-33,38-39H2,1-5H3. The van der Waals surface area contributed by atoms with E-state index in [2.05, 4.69) is 77.1 Å². The van der Waals surface area contributed by atoms with Crippen molar-refractivity contribution in [1.29, 1.82) is 0 Å². The Balaban J connectivity index is 1.49. The number of rotatable bonds is 30. The maximum atomic E-state index is 6.73. The molecule has 0 N–H and O–H groups in total. The Bertz CT molecular complexity index is 1280. The van der Waals surface area contributed by atoms with Crippen LogP contribution in [-0.4, -0.2) is 13.2 Å². The lowest BCUT2D eigenvalue weighted by atomic mass is 9.85. The third kappa shape index (κ3) is 16.0. The van der Waals surface area contributed by atoms with Gasteiger partial charge >= 0.3 is 0 Å². The van der Waals surface area contributed by atoms with Gasteiger partial charge in [0.15, 0.2) is 0 Å². The summed E-state index contributed by atoms with van der Waals surface area (Å²) in [5.74, 6) is 2.07. The van der Waals surface area contributed by atoms with E-state index < -0.39 is 0 Å². The van der Waals surface area contributed by atoms with Crippen LogP contribution in [0.25, 0.3) is 21.5 Å². The Hall–Kier alpha value is -2.22. The summed E-state index contributed by atoms with van der Waals surface area (Å²) in [5, 5.41) is 4.75. The summed E-state index contributed by atoms with van der Waals surface area (Å²) < 4.78 is 13.4. The number of hydrogen-bond donors (Lipinski definition) is 0. The molecular formula is C48H78O2. The van der Waals surface area contributed by atoms with Crippen molar-refractivity contribution in [2.24, 2.45) is 0 Å². The van der Waals surface area contributed by atoms with E-state index in [1.54, 1.807) is 0 Å². The summed E-state index contributed by atoms with van der Waals surface area (Å²) in [7, 11) is 0. The summed E-state index contributed by atoms with van der Waals surface area (Å²) in [6.45, 7) is 13.0. The van der Waals surface area contributed by atoms with Crippen molar-refractivity contribution >= 4 is 21.5 Å². The molecule has 0 unspecified atom stereocenters. The molecule has 0 radical (unpaired) electrons. The predicted octanol–water partition coefficient (Wildman–Crippen LogP) is 16.2. The van der Waals surface area contributed by atoms with Crippen LogP contribution in [0.4, 0.5) is 0 Å². The van der Waals surface area contributed by atoms with Gasteiger partial charge in [-0.2, -0.15) is 0 Å². The first-order valence-electron chi connectivity index (χ1n) is 21.7. The lowest BCUT2D eigenvalue weighted by molar-refractivity contribution is 0.306. The van der Waals surface area contributed by atoms with Crippen LogP contribution < -0.4 is 9.47 Å². The molecule has 0 saturated carbocycles. The highest BCUT2D eigenvalue weighted by molar-refractivity contribution is 6.11. The van der Waals surface area contributed by atoms with Crippen LogP contribution in [0.1, 0.15) is 207 Å². The summed E-state index contributed by atoms with van der Waals surface area (Å²) in [4.78, 5) is 0. The van der Waals surface area contributed by atoms with Crippen LogP contribution >= 0.6 is 0 Å². The van der Waals surface area contributed by atoms with Crippen molar-refractivity contribution in [3.63, 3.8) is 0 Å². The molecule has 3 aromatic carbocycles. The first kappa shape index (κ1) is 42.2. The molecule has 0 spiro atoms. The van der Waals surface area contributed by atoms with E-state index in [4.69, 9.17) is 9.47 Å². The molecule has 0 aliphatic rings. The van der Waals surface area contributed by atoms with E-state index in [0.29, 0.717) is 0 Å². The maximum Gasteiger partial charge on any atom is 0.135 e. The average Bonchev–Trinajstić information content (AvgIpc) is 3.11. The normalized spacial score (nSPS) is 11.9. The van der Waals surface area contributed by atoms with Crippen LogP contribution in [-0.2, 0) is 5.41 Å². The van der Waals surface area contributed by atoms with Crippen molar-refractivity contribution in [3.05, 3.63) is 48.0 Å². The molecule has 0 fully saturated rings. The monoisotopic (exact) mass is 687 g/mol. The molecule has 50 heavy (non-hydrogen) atoms. The quantitative estimate of drug-likeness (QED) is 0.0513. The minimum atomic E-state index is 0.0712. The molecule has 0 atom stereocenters. The van der Waals surface area contributed by atoms with Crippen LogP contribution in [0.15, 0.2) is 42.5 Å². The summed E-state index contributed by atoms with van der Waals surface area (Å²) >= 11 is 0. The largest absolute Gasteiger partial charge is 0.492 e. The Morgan fingerprint density at radius 2 is 0.700 bits per heavy atom. The van der Waals surface area contributed by atoms with Gasteiger partial charge in [0.25, 0.3) is 0 Å². The highest BCUT2D eigenvalue weighted by Crippen LogP contribution is 2.44. The zero-order valence-electron chi connectivity index (χ0n) is 33.7. The predicted molar refractivity (Wildman–Crippen MR) is 223 cm³/mol. The molecule has 0 saturated heterocycles. The smallest absolute Gasteiger partial charge is 0.135 e. The fraction of sp³-hybridized carbons (Fsp3) is 0.708. The highest BCUT2D eigenvalue weighted by Gasteiger charge is 2.20. The summed E-state index contributed by atoms with van der Waals surface area (Å²) in [6.07, 6.45) is 35.5. The lowest BCUT2D eigenvalue weighted by Gasteiger charge is -2.22. The molecule has 3 aromatic rings. The van der Waals surface area contributed by atoms with Crippen molar-refractivity contribution in [2.45, 2.75) is 207 Å². The minimum Gasteiger partial charge on any atom is -0.492 e. The Kier molecular flexibility index (Phi) is 21.7. The van der Waals surface area contributed by atoms with Gasteiger partial charge in [-0.25, -0.2) is 0 Å². The van der Waals surface area contributed by atoms with E-state index in [1.165, 1.54) is 181 Å². The molecular weight excluding hydrogens is 609 g/mol. The zero-order chi connectivity index (χ0) is 35.7. The topological polar surface area (TPSA) is 18.5 Å². The minimum absolute atomic E-state index is 0.0712. The second kappa shape index (κ2) is 25.7. The van der Waals surface area contributed by atoms with Crippen molar-refractivity contribution in [1.82, 2.24) is 0 Å². The first-order chi connectivity index (χ1) is 24.5. The first-order valence-corrected chi connectivity index (χ1v) is 21.7. The molecule has 2 nitrogen and oxygen atoms in total. The average molecular weight is 687 g/mol. The van der Waals surface area contributed by atoms with Gasteiger partial charge in [-0.1, -0.05) is 225 Å². The molecule has 0 aromatic heterocycles. The second-order valence-electron chi connectivity index (χ2n) is 16.4. The molecule has 0 aliphatic carbocycles. The van der Waals surface area contributed by atoms with Gasteiger partial charge in [-0.15, -0.1) is 0 Å². The van der Waals surface area contributed by atoms with Gasteiger partial charge in [-0.05, 0) is 29.9 Å². The van der Waals surface area contributed by atoms with Crippen LogP contribution in [0, 0.1) is 0 Å². The van der Waals surface area contributed by atoms with E-state index >= 15 is 0 Å². The van der Waals surface area contributed by atoms with Gasteiger partial charge in [0.05, 0.1) is 13.2 Å². The molecule has 0 heterocycles. The van der Waals surface area contributed by atoms with E-state index in [-0.39, 0.29) is 5.41 Å². The van der Waals surface area contributed by atoms with E-state index in [1.807, 2.05) is 0 Å². The van der Waals surface area contributed by atoms with Crippen molar-refractivity contribution in [2.75, 3.05) is 13.2 Å². The van der Waals surface area contributed by atoms with Crippen LogP contribution in [0.3, 0.4) is 0 Å². The fourth-order valence-corrected chi connectivity index (χ4v) is 7.47. The molecule has 0 aliphatic heterocycles. The van der Waals surface area contributed by atoms with Crippen molar-refractivity contribution < 1.29 is 9.47 Å². The number of unbranched alkanes of at least 4 members (excludes halogenated alkanes) is 24. The second-order valence-corrected chi connectivity index (χ2v) is 16.4. The fourth-order valence-electron chi connectivity index (χ4n) is 7.47. The third-order valence-electron chi connectivity index (χ3n) is 10.8. The zero-order valence-corrected chi connectivity index (χ0v) is 33.7. The van der Waals surface area contributed by atoms with E-state index in [9.17, 15) is 0 Å². The molecule has 282 valence electrons. The van der Waals surface area contributed by atoms with Gasteiger partial charge in [0.2, 0.25) is 0 Å². The number of benzene rings is 3. The van der Waals surface area contributed by atoms with Gasteiger partial charge in [-0.3, -0.25) is 0 Å². The maximum absolute atomic E-state index is 6.73. The van der Waals surface area contributed by atoms with Gasteiger partial charge in [0.1, 0.15) is 11.5 Å². The van der Waals surface area contributed by atoms with Crippen LogP contribution in [0.5, 0.6) is 11.5 Å². The molecule has 0 amide bonds. The number of ether oxygens (including phenoxy) is 2. The van der Waals surface area contributed by atoms with Crippen molar-refractivity contribution in [3.8, 4) is 11.5 Å². The lowest BCUT2D eigenvalue weighted by Crippen LogP contribution is -2.11. The SMILES string of the molecule is CCCCCCCCCCCCCCCOc1c2ccccc2c(OCCCCCCCCCCCCCCC)c2cc(C(C)(C)C)ccc12. The Labute approximate surface area is 309 Å². The molecule has 0 bridgehead atoms. The third-order valence-corrected chi connectivity index (χ3v) is 10.8. The number of hydrogen-bond acceptors (Lipinski definition) is 2. The highest BCUT2D eigenvalue weighted by atomic mass is 16.5. The van der Waals surface area contributed by atoms with Gasteiger partial charge < -0.3 is 9.47 Å². The van der Waals surface area contributed by atoms with E-state index in [0.717, 1.165) is 37.6 Å². The molecule has 2 heteroatoms. The summed E-state index contributed by atoms with van der Waals surface area (Å²) in [6, 6.07) is 15.7.